The van der Waals surface area contributed by atoms with E-state index in [1.807, 2.05) is 12.1 Å². The fourth-order valence-electron chi connectivity index (χ4n) is 2.19. The van der Waals surface area contributed by atoms with Crippen LogP contribution in [0.5, 0.6) is 5.75 Å². The lowest BCUT2D eigenvalue weighted by Crippen LogP contribution is -2.47. The molecule has 0 fully saturated rings. The molecule has 120 valence electrons. The van der Waals surface area contributed by atoms with Crippen LogP contribution in [0.1, 0.15) is 52.5 Å². The molecule has 0 saturated heterocycles. The van der Waals surface area contributed by atoms with Gasteiger partial charge in [-0.3, -0.25) is 0 Å². The van der Waals surface area contributed by atoms with Crippen LogP contribution in [0, 0.1) is 5.92 Å². The zero-order valence-corrected chi connectivity index (χ0v) is 14.0. The van der Waals surface area contributed by atoms with Crippen molar-refractivity contribution in [2.24, 2.45) is 5.92 Å². The van der Waals surface area contributed by atoms with Gasteiger partial charge in [0.1, 0.15) is 5.75 Å². The third kappa shape index (κ3) is 6.06. The van der Waals surface area contributed by atoms with Gasteiger partial charge >= 0.3 is 0 Å². The topological polar surface area (TPSA) is 41.5 Å². The second kappa shape index (κ2) is 9.06. The Kier molecular flexibility index (Phi) is 7.76. The summed E-state index contributed by atoms with van der Waals surface area (Å²) in [5, 5.41) is 13.0. The number of ether oxygens (including phenoxy) is 1. The predicted octanol–water partition coefficient (Wildman–Crippen LogP) is 3.75. The predicted molar refractivity (Wildman–Crippen MR) is 88.6 cm³/mol. The third-order valence-electron chi connectivity index (χ3n) is 4.21. The summed E-state index contributed by atoms with van der Waals surface area (Å²) in [7, 11) is 0. The summed E-state index contributed by atoms with van der Waals surface area (Å²) in [5.74, 6) is 1.60. The van der Waals surface area contributed by atoms with Gasteiger partial charge in [0.2, 0.25) is 0 Å². The first-order chi connectivity index (χ1) is 10.0. The van der Waals surface area contributed by atoms with Crippen LogP contribution in [0.3, 0.4) is 0 Å². The minimum absolute atomic E-state index is 0.160. The summed E-state index contributed by atoms with van der Waals surface area (Å²) in [5.41, 5.74) is 1.05. The van der Waals surface area contributed by atoms with Gasteiger partial charge in [-0.15, -0.1) is 0 Å². The van der Waals surface area contributed by atoms with E-state index < -0.39 is 0 Å². The van der Waals surface area contributed by atoms with E-state index in [1.54, 1.807) is 0 Å². The van der Waals surface area contributed by atoms with Crippen molar-refractivity contribution in [2.75, 3.05) is 13.2 Å². The molecule has 0 heterocycles. The third-order valence-corrected chi connectivity index (χ3v) is 4.21. The SMILES string of the molecule is CCC(CC)(CO)NCc1ccc(OCCC(C)C)cc1. The highest BCUT2D eigenvalue weighted by Crippen LogP contribution is 2.17. The molecule has 0 radical (unpaired) electrons. The number of hydrogen-bond acceptors (Lipinski definition) is 3. The van der Waals surface area contributed by atoms with Gasteiger partial charge < -0.3 is 15.2 Å². The molecule has 21 heavy (non-hydrogen) atoms. The van der Waals surface area contributed by atoms with Crippen LogP contribution in [-0.4, -0.2) is 23.9 Å². The average molecular weight is 293 g/mol. The van der Waals surface area contributed by atoms with E-state index in [0.717, 1.165) is 38.2 Å². The van der Waals surface area contributed by atoms with Gasteiger partial charge in [-0.1, -0.05) is 39.8 Å². The molecule has 2 N–H and O–H groups in total. The summed E-state index contributed by atoms with van der Waals surface area (Å²) in [4.78, 5) is 0. The monoisotopic (exact) mass is 293 g/mol. The number of aliphatic hydroxyl groups is 1. The largest absolute Gasteiger partial charge is 0.494 e. The second-order valence-electron chi connectivity index (χ2n) is 6.17. The van der Waals surface area contributed by atoms with Gasteiger partial charge in [-0.05, 0) is 42.9 Å². The van der Waals surface area contributed by atoms with Crippen LogP contribution < -0.4 is 10.1 Å². The lowest BCUT2D eigenvalue weighted by molar-refractivity contribution is 0.149. The minimum atomic E-state index is -0.160. The first-order valence-electron chi connectivity index (χ1n) is 8.13. The first-order valence-corrected chi connectivity index (χ1v) is 8.13. The highest BCUT2D eigenvalue weighted by atomic mass is 16.5. The lowest BCUT2D eigenvalue weighted by atomic mass is 9.93. The molecule has 0 bridgehead atoms. The lowest BCUT2D eigenvalue weighted by Gasteiger charge is -2.31. The number of hydrogen-bond donors (Lipinski definition) is 2. The zero-order valence-electron chi connectivity index (χ0n) is 14.0. The van der Waals surface area contributed by atoms with Crippen LogP contribution in [0.2, 0.25) is 0 Å². The van der Waals surface area contributed by atoms with Crippen molar-refractivity contribution >= 4 is 0 Å². The van der Waals surface area contributed by atoms with Crippen LogP contribution in [0.15, 0.2) is 24.3 Å². The Morgan fingerprint density at radius 1 is 1.14 bits per heavy atom. The standard InChI is InChI=1S/C18H31NO2/c1-5-18(6-2,14-20)19-13-16-7-9-17(10-8-16)21-12-11-15(3)4/h7-10,15,19-20H,5-6,11-14H2,1-4H3. The number of nitrogens with one attached hydrogen (secondary N) is 1. The Morgan fingerprint density at radius 3 is 2.24 bits per heavy atom. The molecule has 0 atom stereocenters. The van der Waals surface area contributed by atoms with E-state index in [1.165, 1.54) is 5.56 Å². The molecule has 3 heteroatoms. The Bertz CT molecular complexity index is 374. The van der Waals surface area contributed by atoms with E-state index in [4.69, 9.17) is 4.74 Å². The molecule has 0 unspecified atom stereocenters. The molecule has 0 aromatic heterocycles. The highest BCUT2D eigenvalue weighted by Gasteiger charge is 2.23. The second-order valence-corrected chi connectivity index (χ2v) is 6.17. The van der Waals surface area contributed by atoms with Gasteiger partial charge in [0.25, 0.3) is 0 Å². The number of rotatable bonds is 10. The van der Waals surface area contributed by atoms with E-state index in [0.29, 0.717) is 5.92 Å². The Labute approximate surface area is 129 Å². The Morgan fingerprint density at radius 2 is 1.76 bits per heavy atom. The summed E-state index contributed by atoms with van der Waals surface area (Å²) in [6.07, 6.45) is 2.93. The quantitative estimate of drug-likeness (QED) is 0.690. The molecule has 1 rings (SSSR count). The summed E-state index contributed by atoms with van der Waals surface area (Å²) in [6, 6.07) is 8.22. The molecule has 3 nitrogen and oxygen atoms in total. The smallest absolute Gasteiger partial charge is 0.119 e. The number of benzene rings is 1. The maximum Gasteiger partial charge on any atom is 0.119 e. The van der Waals surface area contributed by atoms with E-state index in [-0.39, 0.29) is 12.1 Å². The summed E-state index contributed by atoms with van der Waals surface area (Å²) >= 11 is 0. The molecule has 0 spiro atoms. The van der Waals surface area contributed by atoms with Crippen molar-refractivity contribution in [3.63, 3.8) is 0 Å². The molecule has 0 amide bonds. The van der Waals surface area contributed by atoms with Crippen molar-refractivity contribution in [1.82, 2.24) is 5.32 Å². The first kappa shape index (κ1) is 18.0. The average Bonchev–Trinajstić information content (AvgIpc) is 2.50. The van der Waals surface area contributed by atoms with Gasteiger partial charge in [0.15, 0.2) is 0 Å². The van der Waals surface area contributed by atoms with Crippen LogP contribution in [-0.2, 0) is 6.54 Å². The van der Waals surface area contributed by atoms with Crippen LogP contribution >= 0.6 is 0 Å². The summed E-state index contributed by atoms with van der Waals surface area (Å²) < 4.78 is 5.72. The van der Waals surface area contributed by atoms with E-state index >= 15 is 0 Å². The molecule has 1 aromatic rings. The van der Waals surface area contributed by atoms with E-state index in [9.17, 15) is 5.11 Å². The number of aliphatic hydroxyl groups excluding tert-OH is 1. The molecule has 1 aromatic carbocycles. The maximum absolute atomic E-state index is 9.56. The van der Waals surface area contributed by atoms with Crippen molar-refractivity contribution in [2.45, 2.75) is 59.0 Å². The normalized spacial score (nSPS) is 11.9. The molecule has 0 aliphatic carbocycles. The van der Waals surface area contributed by atoms with Crippen LogP contribution in [0.25, 0.3) is 0 Å². The van der Waals surface area contributed by atoms with Crippen molar-refractivity contribution in [3.05, 3.63) is 29.8 Å². The van der Waals surface area contributed by atoms with Crippen molar-refractivity contribution < 1.29 is 9.84 Å². The van der Waals surface area contributed by atoms with E-state index in [2.05, 4.69) is 45.1 Å². The Balaban J connectivity index is 2.47. The molecular formula is C18H31NO2. The molecular weight excluding hydrogens is 262 g/mol. The molecule has 0 aliphatic heterocycles. The Hall–Kier alpha value is -1.06. The molecule has 0 saturated carbocycles. The van der Waals surface area contributed by atoms with Gasteiger partial charge in [-0.2, -0.15) is 0 Å². The summed E-state index contributed by atoms with van der Waals surface area (Å²) in [6.45, 7) is 10.3. The van der Waals surface area contributed by atoms with Gasteiger partial charge in [0, 0.05) is 12.1 Å². The fraction of sp³-hybridized carbons (Fsp3) is 0.667. The van der Waals surface area contributed by atoms with Gasteiger partial charge in [0.05, 0.1) is 13.2 Å². The highest BCUT2D eigenvalue weighted by molar-refractivity contribution is 5.27. The van der Waals surface area contributed by atoms with Crippen molar-refractivity contribution in [1.29, 1.82) is 0 Å². The van der Waals surface area contributed by atoms with Crippen molar-refractivity contribution in [3.8, 4) is 5.75 Å². The molecule has 0 aliphatic rings. The van der Waals surface area contributed by atoms with Gasteiger partial charge in [-0.25, -0.2) is 0 Å². The minimum Gasteiger partial charge on any atom is -0.494 e. The van der Waals surface area contributed by atoms with Crippen LogP contribution in [0.4, 0.5) is 0 Å². The fourth-order valence-corrected chi connectivity index (χ4v) is 2.19. The maximum atomic E-state index is 9.56. The zero-order chi connectivity index (χ0) is 15.7.